The molecule has 13 heavy (non-hydrogen) atoms. The average Bonchev–Trinajstić information content (AvgIpc) is 2.25. The Morgan fingerprint density at radius 3 is 2.46 bits per heavy atom. The topological polar surface area (TPSA) is 12.0 Å². The lowest BCUT2D eigenvalue weighted by molar-refractivity contribution is 0.471. The molecule has 2 unspecified atom stereocenters. The molecule has 1 saturated heterocycles. The fourth-order valence-electron chi connectivity index (χ4n) is 2.06. The molecule has 2 atom stereocenters. The van der Waals surface area contributed by atoms with Crippen molar-refractivity contribution in [3.8, 4) is 0 Å². The summed E-state index contributed by atoms with van der Waals surface area (Å²) in [6, 6.07) is 0.692. The van der Waals surface area contributed by atoms with Crippen LogP contribution < -0.4 is 5.32 Å². The van der Waals surface area contributed by atoms with Gasteiger partial charge in [-0.2, -0.15) is 0 Å². The number of thioether (sulfide) groups is 1. The van der Waals surface area contributed by atoms with Gasteiger partial charge in [0.15, 0.2) is 0 Å². The van der Waals surface area contributed by atoms with E-state index >= 15 is 0 Å². The number of hydrogen-bond donors (Lipinski definition) is 1. The molecule has 0 bridgehead atoms. The molecule has 1 rings (SSSR count). The van der Waals surface area contributed by atoms with Crippen molar-refractivity contribution < 1.29 is 0 Å². The van der Waals surface area contributed by atoms with Crippen LogP contribution in [0.5, 0.6) is 0 Å². The summed E-state index contributed by atoms with van der Waals surface area (Å²) < 4.78 is 0. The van der Waals surface area contributed by atoms with E-state index in [4.69, 9.17) is 0 Å². The average molecular weight is 201 g/mol. The third-order valence-corrected chi connectivity index (χ3v) is 4.32. The van der Waals surface area contributed by atoms with Gasteiger partial charge in [0.05, 0.1) is 4.87 Å². The summed E-state index contributed by atoms with van der Waals surface area (Å²) >= 11 is 2.12. The van der Waals surface area contributed by atoms with Crippen LogP contribution in [0.4, 0.5) is 0 Å². The van der Waals surface area contributed by atoms with E-state index in [1.165, 1.54) is 25.7 Å². The number of hydrogen-bond acceptors (Lipinski definition) is 2. The van der Waals surface area contributed by atoms with Gasteiger partial charge < -0.3 is 0 Å². The van der Waals surface area contributed by atoms with Crippen LogP contribution in [0.25, 0.3) is 0 Å². The lowest BCUT2D eigenvalue weighted by atomic mass is 10.1. The van der Waals surface area contributed by atoms with E-state index in [9.17, 15) is 0 Å². The highest BCUT2D eigenvalue weighted by Gasteiger charge is 2.35. The van der Waals surface area contributed by atoms with Gasteiger partial charge in [0.2, 0.25) is 0 Å². The molecule has 0 saturated carbocycles. The minimum Gasteiger partial charge on any atom is -0.300 e. The summed E-state index contributed by atoms with van der Waals surface area (Å²) in [5.41, 5.74) is 0. The third kappa shape index (κ3) is 3.51. The second-order valence-electron chi connectivity index (χ2n) is 4.60. The molecule has 1 nitrogen and oxygen atoms in total. The molecule has 1 heterocycles. The summed E-state index contributed by atoms with van der Waals surface area (Å²) in [4.78, 5) is 0.302. The summed E-state index contributed by atoms with van der Waals surface area (Å²) in [5, 5.41) is 4.47. The molecule has 1 aliphatic heterocycles. The highest BCUT2D eigenvalue weighted by molar-refractivity contribution is 8.01. The summed E-state index contributed by atoms with van der Waals surface area (Å²) in [6.07, 6.45) is 5.51. The zero-order valence-corrected chi connectivity index (χ0v) is 10.2. The fraction of sp³-hybridized carbons (Fsp3) is 1.00. The number of nitrogens with one attached hydrogen (secondary N) is 1. The minimum absolute atomic E-state index is 0.302. The first kappa shape index (κ1) is 11.4. The van der Waals surface area contributed by atoms with Crippen molar-refractivity contribution >= 4 is 11.8 Å². The van der Waals surface area contributed by atoms with E-state index in [2.05, 4.69) is 44.8 Å². The Balaban J connectivity index is 2.27. The molecule has 0 radical (unpaired) electrons. The number of rotatable bonds is 4. The number of unbranched alkanes of at least 4 members (excludes halogenated alkanes) is 2. The van der Waals surface area contributed by atoms with E-state index < -0.39 is 0 Å². The molecule has 1 fully saturated rings. The standard InChI is InChI=1S/C11H23NS/c1-5-6-7-8-10-9(2)12-11(3,4)13-10/h9-10,12H,5-8H2,1-4H3. The zero-order chi connectivity index (χ0) is 9.90. The highest BCUT2D eigenvalue weighted by Crippen LogP contribution is 2.38. The molecule has 0 aromatic rings. The quantitative estimate of drug-likeness (QED) is 0.700. The molecule has 0 aromatic carbocycles. The van der Waals surface area contributed by atoms with Gasteiger partial charge in [-0.15, -0.1) is 11.8 Å². The van der Waals surface area contributed by atoms with Crippen molar-refractivity contribution in [2.24, 2.45) is 0 Å². The van der Waals surface area contributed by atoms with E-state index in [1.807, 2.05) is 0 Å². The van der Waals surface area contributed by atoms with Gasteiger partial charge in [0.25, 0.3) is 0 Å². The van der Waals surface area contributed by atoms with Crippen LogP contribution in [-0.4, -0.2) is 16.2 Å². The zero-order valence-electron chi connectivity index (χ0n) is 9.39. The molecule has 2 heteroatoms. The summed E-state index contributed by atoms with van der Waals surface area (Å²) in [7, 11) is 0. The Bertz CT molecular complexity index is 156. The van der Waals surface area contributed by atoms with Crippen molar-refractivity contribution in [1.82, 2.24) is 5.32 Å². The monoisotopic (exact) mass is 201 g/mol. The van der Waals surface area contributed by atoms with Crippen molar-refractivity contribution in [2.45, 2.75) is 69.5 Å². The molecule has 0 aromatic heterocycles. The van der Waals surface area contributed by atoms with Crippen molar-refractivity contribution in [2.75, 3.05) is 0 Å². The van der Waals surface area contributed by atoms with Crippen LogP contribution in [-0.2, 0) is 0 Å². The maximum atomic E-state index is 3.63. The van der Waals surface area contributed by atoms with Crippen LogP contribution in [0.15, 0.2) is 0 Å². The fourth-order valence-corrected chi connectivity index (χ4v) is 3.63. The van der Waals surface area contributed by atoms with Gasteiger partial charge in [0.1, 0.15) is 0 Å². The van der Waals surface area contributed by atoms with Gasteiger partial charge in [0, 0.05) is 11.3 Å². The first-order chi connectivity index (χ1) is 6.05. The third-order valence-electron chi connectivity index (χ3n) is 2.67. The normalized spacial score (nSPS) is 32.3. The molecule has 78 valence electrons. The Kier molecular flexibility index (Phi) is 4.11. The molecule has 0 amide bonds. The van der Waals surface area contributed by atoms with Crippen LogP contribution in [0.1, 0.15) is 53.4 Å². The van der Waals surface area contributed by atoms with Crippen molar-refractivity contribution in [3.05, 3.63) is 0 Å². The molecular weight excluding hydrogens is 178 g/mol. The smallest absolute Gasteiger partial charge is 0.0593 e. The van der Waals surface area contributed by atoms with E-state index in [0.29, 0.717) is 10.9 Å². The minimum atomic E-state index is 0.302. The molecular formula is C11H23NS. The second-order valence-corrected chi connectivity index (χ2v) is 6.46. The Labute approximate surface area is 87.1 Å². The van der Waals surface area contributed by atoms with Gasteiger partial charge in [-0.1, -0.05) is 26.2 Å². The first-order valence-corrected chi connectivity index (χ1v) is 6.38. The predicted octanol–water partition coefficient (Wildman–Crippen LogP) is 3.40. The SMILES string of the molecule is CCCCCC1SC(C)(C)NC1C. The van der Waals surface area contributed by atoms with Crippen LogP contribution in [0.2, 0.25) is 0 Å². The Morgan fingerprint density at radius 1 is 1.31 bits per heavy atom. The molecule has 0 aliphatic carbocycles. The largest absolute Gasteiger partial charge is 0.300 e. The summed E-state index contributed by atoms with van der Waals surface area (Å²) in [6.45, 7) is 9.16. The van der Waals surface area contributed by atoms with E-state index in [1.54, 1.807) is 0 Å². The van der Waals surface area contributed by atoms with Crippen molar-refractivity contribution in [3.63, 3.8) is 0 Å². The maximum absolute atomic E-state index is 3.63. The van der Waals surface area contributed by atoms with Gasteiger partial charge >= 0.3 is 0 Å². The molecule has 1 N–H and O–H groups in total. The van der Waals surface area contributed by atoms with Crippen LogP contribution >= 0.6 is 11.8 Å². The predicted molar refractivity (Wildman–Crippen MR) is 62.2 cm³/mol. The molecule has 1 aliphatic rings. The molecule has 0 spiro atoms. The first-order valence-electron chi connectivity index (χ1n) is 5.50. The van der Waals surface area contributed by atoms with Gasteiger partial charge in [-0.25, -0.2) is 0 Å². The van der Waals surface area contributed by atoms with Crippen LogP contribution in [0, 0.1) is 0 Å². The maximum Gasteiger partial charge on any atom is 0.0593 e. The lowest BCUT2D eigenvalue weighted by Crippen LogP contribution is -2.35. The van der Waals surface area contributed by atoms with Gasteiger partial charge in [-0.3, -0.25) is 5.32 Å². The van der Waals surface area contributed by atoms with Crippen molar-refractivity contribution in [1.29, 1.82) is 0 Å². The Hall–Kier alpha value is 0.310. The lowest BCUT2D eigenvalue weighted by Gasteiger charge is -2.16. The van der Waals surface area contributed by atoms with E-state index in [0.717, 1.165) is 5.25 Å². The van der Waals surface area contributed by atoms with Crippen LogP contribution in [0.3, 0.4) is 0 Å². The highest BCUT2D eigenvalue weighted by atomic mass is 32.2. The van der Waals surface area contributed by atoms with E-state index in [-0.39, 0.29) is 0 Å². The summed E-state index contributed by atoms with van der Waals surface area (Å²) in [5.74, 6) is 0. The Morgan fingerprint density at radius 2 is 2.00 bits per heavy atom. The van der Waals surface area contributed by atoms with Gasteiger partial charge in [-0.05, 0) is 27.2 Å². The second kappa shape index (κ2) is 4.70.